The summed E-state index contributed by atoms with van der Waals surface area (Å²) in [5.74, 6) is -0.0290. The smallest absolute Gasteiger partial charge is 0.253 e. The van der Waals surface area contributed by atoms with Crippen LogP contribution < -0.4 is 10.1 Å². The molecule has 2 heterocycles. The zero-order chi connectivity index (χ0) is 21.6. The highest BCUT2D eigenvalue weighted by molar-refractivity contribution is 7.89. The molecule has 1 aliphatic rings. The molecule has 162 valence electrons. The first-order chi connectivity index (χ1) is 14.4. The number of rotatable bonds is 8. The van der Waals surface area contributed by atoms with Crippen molar-refractivity contribution in [3.8, 4) is 5.88 Å². The summed E-state index contributed by atoms with van der Waals surface area (Å²) < 4.78 is 37.9. The van der Waals surface area contributed by atoms with Gasteiger partial charge in [-0.3, -0.25) is 4.79 Å². The molecule has 0 aliphatic carbocycles. The number of morpholine rings is 1. The Bertz CT molecular complexity index is 994. The van der Waals surface area contributed by atoms with E-state index in [1.54, 1.807) is 18.3 Å². The van der Waals surface area contributed by atoms with Gasteiger partial charge in [-0.15, -0.1) is 0 Å². The number of sulfonamides is 1. The van der Waals surface area contributed by atoms with Crippen LogP contribution in [0.3, 0.4) is 0 Å². The number of hydrogen-bond donors (Lipinski definition) is 1. The van der Waals surface area contributed by atoms with Crippen molar-refractivity contribution in [1.82, 2.24) is 14.6 Å². The average molecular weight is 454 g/mol. The van der Waals surface area contributed by atoms with Gasteiger partial charge in [0.15, 0.2) is 0 Å². The van der Waals surface area contributed by atoms with Crippen molar-refractivity contribution < 1.29 is 22.7 Å². The Morgan fingerprint density at radius 3 is 2.80 bits per heavy atom. The predicted molar refractivity (Wildman–Crippen MR) is 112 cm³/mol. The van der Waals surface area contributed by atoms with Gasteiger partial charge in [0, 0.05) is 31.4 Å². The Morgan fingerprint density at radius 1 is 1.30 bits per heavy atom. The van der Waals surface area contributed by atoms with Gasteiger partial charge in [0.25, 0.3) is 5.91 Å². The molecule has 2 aromatic rings. The third-order valence-electron chi connectivity index (χ3n) is 4.52. The Morgan fingerprint density at radius 2 is 2.07 bits per heavy atom. The maximum Gasteiger partial charge on any atom is 0.253 e. The minimum absolute atomic E-state index is 0.0206. The zero-order valence-corrected chi connectivity index (χ0v) is 18.2. The quantitative estimate of drug-likeness (QED) is 0.659. The first-order valence-electron chi connectivity index (χ1n) is 9.66. The highest BCUT2D eigenvalue weighted by Gasteiger charge is 2.27. The van der Waals surface area contributed by atoms with E-state index in [0.29, 0.717) is 31.3 Å². The Balaban J connectivity index is 1.76. The summed E-state index contributed by atoms with van der Waals surface area (Å²) in [6.07, 6.45) is 2.45. The number of carbonyl (C=O) groups is 1. The molecular weight excluding hydrogens is 430 g/mol. The molecule has 8 nitrogen and oxygen atoms in total. The van der Waals surface area contributed by atoms with Crippen molar-refractivity contribution in [3.05, 3.63) is 52.7 Å². The summed E-state index contributed by atoms with van der Waals surface area (Å²) in [4.78, 5) is 16.9. The fourth-order valence-corrected chi connectivity index (χ4v) is 4.57. The van der Waals surface area contributed by atoms with Crippen LogP contribution in [0.15, 0.2) is 41.4 Å². The predicted octanol–water partition coefficient (Wildman–Crippen LogP) is 2.47. The fourth-order valence-electron chi connectivity index (χ4n) is 2.93. The Labute approximate surface area is 181 Å². The summed E-state index contributed by atoms with van der Waals surface area (Å²) in [5.41, 5.74) is 0.804. The molecule has 1 saturated heterocycles. The van der Waals surface area contributed by atoms with Crippen LogP contribution in [0.1, 0.15) is 29.3 Å². The minimum atomic E-state index is -3.73. The molecule has 30 heavy (non-hydrogen) atoms. The van der Waals surface area contributed by atoms with Crippen molar-refractivity contribution in [3.63, 3.8) is 0 Å². The van der Waals surface area contributed by atoms with Gasteiger partial charge < -0.3 is 14.8 Å². The van der Waals surface area contributed by atoms with E-state index in [4.69, 9.17) is 21.1 Å². The van der Waals surface area contributed by atoms with E-state index in [1.807, 2.05) is 6.92 Å². The first-order valence-corrected chi connectivity index (χ1v) is 11.5. The van der Waals surface area contributed by atoms with Crippen LogP contribution in [0.5, 0.6) is 5.88 Å². The average Bonchev–Trinajstić information content (AvgIpc) is 2.77. The van der Waals surface area contributed by atoms with Crippen LogP contribution in [0.2, 0.25) is 5.02 Å². The van der Waals surface area contributed by atoms with Gasteiger partial charge in [0.1, 0.15) is 0 Å². The van der Waals surface area contributed by atoms with E-state index in [2.05, 4.69) is 10.3 Å². The maximum absolute atomic E-state index is 12.9. The minimum Gasteiger partial charge on any atom is -0.477 e. The van der Waals surface area contributed by atoms with E-state index in [1.165, 1.54) is 22.5 Å². The normalized spacial score (nSPS) is 15.0. The number of nitrogens with one attached hydrogen (secondary N) is 1. The first kappa shape index (κ1) is 22.5. The van der Waals surface area contributed by atoms with Crippen LogP contribution in [0.4, 0.5) is 0 Å². The van der Waals surface area contributed by atoms with Crippen molar-refractivity contribution >= 4 is 27.5 Å². The Kier molecular flexibility index (Phi) is 7.65. The lowest BCUT2D eigenvalue weighted by molar-refractivity contribution is 0.0730. The third-order valence-corrected chi connectivity index (χ3v) is 6.75. The molecule has 0 spiro atoms. The van der Waals surface area contributed by atoms with E-state index >= 15 is 0 Å². The van der Waals surface area contributed by atoms with Crippen molar-refractivity contribution in [1.29, 1.82) is 0 Å². The number of carbonyl (C=O) groups excluding carboxylic acids is 1. The second kappa shape index (κ2) is 10.2. The van der Waals surface area contributed by atoms with E-state index in [-0.39, 0.29) is 35.1 Å². The number of pyridine rings is 1. The molecular formula is C20H24ClN3O5S. The highest BCUT2D eigenvalue weighted by Crippen LogP contribution is 2.24. The van der Waals surface area contributed by atoms with Gasteiger partial charge in [-0.05, 0) is 30.7 Å². The van der Waals surface area contributed by atoms with Crippen molar-refractivity contribution in [2.75, 3.05) is 32.9 Å². The lowest BCUT2D eigenvalue weighted by Gasteiger charge is -2.26. The van der Waals surface area contributed by atoms with Gasteiger partial charge in [0.2, 0.25) is 15.9 Å². The van der Waals surface area contributed by atoms with E-state index in [9.17, 15) is 13.2 Å². The zero-order valence-electron chi connectivity index (χ0n) is 16.6. The highest BCUT2D eigenvalue weighted by atomic mass is 35.5. The summed E-state index contributed by atoms with van der Waals surface area (Å²) in [6, 6.07) is 7.69. The number of ether oxygens (including phenoxy) is 2. The molecule has 0 atom stereocenters. The monoisotopic (exact) mass is 453 g/mol. The maximum atomic E-state index is 12.9. The molecule has 1 aliphatic heterocycles. The van der Waals surface area contributed by atoms with E-state index < -0.39 is 15.9 Å². The molecule has 0 radical (unpaired) electrons. The number of aromatic nitrogens is 1. The number of amides is 1. The summed E-state index contributed by atoms with van der Waals surface area (Å²) in [7, 11) is -3.73. The molecule has 0 saturated carbocycles. The van der Waals surface area contributed by atoms with Crippen LogP contribution in [0.25, 0.3) is 0 Å². The van der Waals surface area contributed by atoms with Crippen molar-refractivity contribution in [2.24, 2.45) is 0 Å². The largest absolute Gasteiger partial charge is 0.477 e. The molecule has 1 aromatic carbocycles. The molecule has 3 rings (SSSR count). The summed E-state index contributed by atoms with van der Waals surface area (Å²) in [6.45, 7) is 3.90. The van der Waals surface area contributed by atoms with Crippen molar-refractivity contribution in [2.45, 2.75) is 24.8 Å². The molecule has 0 unspecified atom stereocenters. The van der Waals surface area contributed by atoms with Gasteiger partial charge in [0.05, 0.1) is 35.3 Å². The number of benzene rings is 1. The SMILES string of the molecule is CCCOc1ncccc1CNC(=O)c1cc(S(=O)(=O)N2CCOCC2)ccc1Cl. The van der Waals surface area contributed by atoms with Gasteiger partial charge in [-0.25, -0.2) is 13.4 Å². The molecule has 1 aromatic heterocycles. The van der Waals surface area contributed by atoms with Gasteiger partial charge in [-0.2, -0.15) is 4.31 Å². The Hall–Kier alpha value is -2.20. The summed E-state index contributed by atoms with van der Waals surface area (Å²) >= 11 is 6.18. The lowest BCUT2D eigenvalue weighted by atomic mass is 10.2. The van der Waals surface area contributed by atoms with Crippen LogP contribution >= 0.6 is 11.6 Å². The standard InChI is InChI=1S/C20H24ClN3O5S/c1-2-10-29-20-15(4-3-7-22-20)14-23-19(25)17-13-16(5-6-18(17)21)30(26,27)24-8-11-28-12-9-24/h3-7,13H,2,8-12,14H2,1H3,(H,23,25). The van der Waals surface area contributed by atoms with Gasteiger partial charge in [-0.1, -0.05) is 24.6 Å². The lowest BCUT2D eigenvalue weighted by Crippen LogP contribution is -2.40. The van der Waals surface area contributed by atoms with Gasteiger partial charge >= 0.3 is 0 Å². The molecule has 1 N–H and O–H groups in total. The van der Waals surface area contributed by atoms with Crippen LogP contribution in [-0.4, -0.2) is 56.5 Å². The second-order valence-electron chi connectivity index (χ2n) is 6.66. The molecule has 1 amide bonds. The number of hydrogen-bond acceptors (Lipinski definition) is 6. The summed E-state index contributed by atoms with van der Waals surface area (Å²) in [5, 5.41) is 2.93. The molecule has 0 bridgehead atoms. The molecule has 10 heteroatoms. The van der Waals surface area contributed by atoms with E-state index in [0.717, 1.165) is 6.42 Å². The number of nitrogens with zero attached hydrogens (tertiary/aromatic N) is 2. The third kappa shape index (κ3) is 5.28. The van der Waals surface area contributed by atoms with Crippen LogP contribution in [-0.2, 0) is 21.3 Å². The fraction of sp³-hybridized carbons (Fsp3) is 0.400. The second-order valence-corrected chi connectivity index (χ2v) is 9.00. The topological polar surface area (TPSA) is 97.8 Å². The van der Waals surface area contributed by atoms with Crippen LogP contribution in [0, 0.1) is 0 Å². The number of halogens is 1. The molecule has 1 fully saturated rings.